The van der Waals surface area contributed by atoms with Crippen molar-refractivity contribution in [3.8, 4) is 0 Å². The minimum atomic E-state index is -1.74. The number of carbonyl (C=O) groups is 1. The lowest BCUT2D eigenvalue weighted by molar-refractivity contribution is -0.325. The Bertz CT molecular complexity index is 536. The molecule has 2 saturated heterocycles. The highest BCUT2D eigenvalue weighted by Crippen LogP contribution is 2.24. The molecule has 2 fully saturated rings. The average Bonchev–Trinajstić information content (AvgIpc) is 2.78. The molecule has 11 N–H and O–H groups in total. The molecule has 0 saturated carbocycles. The molecular formula is C17H32O15. The SMILES string of the molecule is O=CC[C@H](O)[C@H](O)CO.OC[C@H]1O[C@H](OC[C@H]2O[C@H](O)[C@@H](O)[C@@H](O)[C@@H]2O)[C@@H](O)[C@@H](O)[C@@H]1O. The number of rotatable bonds is 8. The van der Waals surface area contributed by atoms with Crippen LogP contribution in [0.3, 0.4) is 0 Å². The average molecular weight is 476 g/mol. The van der Waals surface area contributed by atoms with Crippen molar-refractivity contribution in [3.05, 3.63) is 0 Å². The summed E-state index contributed by atoms with van der Waals surface area (Å²) in [6, 6.07) is 0. The first-order chi connectivity index (χ1) is 15.0. The molecule has 0 radical (unpaired) electrons. The van der Waals surface area contributed by atoms with Crippen LogP contribution in [0.15, 0.2) is 0 Å². The van der Waals surface area contributed by atoms with Gasteiger partial charge in [-0.2, -0.15) is 0 Å². The first kappa shape index (κ1) is 29.1. The van der Waals surface area contributed by atoms with Crippen molar-refractivity contribution >= 4 is 6.29 Å². The van der Waals surface area contributed by atoms with Crippen LogP contribution in [-0.2, 0) is 19.0 Å². The Labute approximate surface area is 182 Å². The summed E-state index contributed by atoms with van der Waals surface area (Å²) < 4.78 is 15.1. The van der Waals surface area contributed by atoms with Gasteiger partial charge in [0.25, 0.3) is 0 Å². The monoisotopic (exact) mass is 476 g/mol. The van der Waals surface area contributed by atoms with E-state index in [1.165, 1.54) is 0 Å². The minimum Gasteiger partial charge on any atom is -0.394 e. The summed E-state index contributed by atoms with van der Waals surface area (Å²) in [5.41, 5.74) is 0. The van der Waals surface area contributed by atoms with Crippen LogP contribution >= 0.6 is 0 Å². The standard InChI is InChI=1S/C12H22O11.C5H10O4/c13-1-3-5(14)8(17)10(19)12(23-3)21-2-4-6(15)7(16)9(18)11(20)22-4;6-2-1-4(8)5(9)3-7/h3-20H,1-2H2;2,4-5,7-9H,1,3H2/t3-,4-,5-,6-,7+,8+,9+,10+,11+,12+;4-,5+/m10/s1. The van der Waals surface area contributed by atoms with Crippen molar-refractivity contribution in [2.45, 2.75) is 80.0 Å². The lowest BCUT2D eigenvalue weighted by Crippen LogP contribution is -2.61. The van der Waals surface area contributed by atoms with Crippen LogP contribution in [0.25, 0.3) is 0 Å². The highest BCUT2D eigenvalue weighted by Gasteiger charge is 2.46. The maximum Gasteiger partial charge on any atom is 0.186 e. The summed E-state index contributed by atoms with van der Waals surface area (Å²) in [4.78, 5) is 9.68. The summed E-state index contributed by atoms with van der Waals surface area (Å²) in [5, 5.41) is 102. The Kier molecular flexibility index (Phi) is 12.5. The molecule has 0 aromatic rings. The van der Waals surface area contributed by atoms with Crippen LogP contribution in [-0.4, -0.2) is 156 Å². The predicted octanol–water partition coefficient (Wildman–Crippen LogP) is -7.11. The molecular weight excluding hydrogens is 444 g/mol. The molecule has 2 aliphatic rings. The third-order valence-electron chi connectivity index (χ3n) is 4.93. The number of aliphatic hydroxyl groups is 11. The van der Waals surface area contributed by atoms with Crippen molar-refractivity contribution in [3.63, 3.8) is 0 Å². The third-order valence-corrected chi connectivity index (χ3v) is 4.93. The molecule has 0 amide bonds. The smallest absolute Gasteiger partial charge is 0.186 e. The van der Waals surface area contributed by atoms with Crippen LogP contribution in [0.5, 0.6) is 0 Å². The Hall–Kier alpha value is -0.890. The van der Waals surface area contributed by atoms with E-state index in [0.717, 1.165) is 0 Å². The molecule has 0 aromatic carbocycles. The molecule has 0 spiro atoms. The second kappa shape index (κ2) is 13.7. The van der Waals surface area contributed by atoms with Crippen LogP contribution in [0.2, 0.25) is 0 Å². The van der Waals surface area contributed by atoms with Gasteiger partial charge in [0, 0.05) is 6.42 Å². The van der Waals surface area contributed by atoms with Crippen LogP contribution in [0, 0.1) is 0 Å². The van der Waals surface area contributed by atoms with Gasteiger partial charge in [0.05, 0.1) is 25.9 Å². The maximum atomic E-state index is 9.78. The highest BCUT2D eigenvalue weighted by atomic mass is 16.7. The third kappa shape index (κ3) is 7.57. The van der Waals surface area contributed by atoms with E-state index >= 15 is 0 Å². The summed E-state index contributed by atoms with van der Waals surface area (Å²) in [7, 11) is 0. The van der Waals surface area contributed by atoms with E-state index in [-0.39, 0.29) is 6.42 Å². The summed E-state index contributed by atoms with van der Waals surface area (Å²) >= 11 is 0. The first-order valence-electron chi connectivity index (χ1n) is 9.70. The van der Waals surface area contributed by atoms with Crippen molar-refractivity contribution in [1.82, 2.24) is 0 Å². The lowest BCUT2D eigenvalue weighted by Gasteiger charge is -2.41. The van der Waals surface area contributed by atoms with Gasteiger partial charge in [-0.3, -0.25) is 0 Å². The van der Waals surface area contributed by atoms with Gasteiger partial charge in [0.2, 0.25) is 0 Å². The van der Waals surface area contributed by atoms with E-state index in [0.29, 0.717) is 6.29 Å². The maximum absolute atomic E-state index is 9.78. The van der Waals surface area contributed by atoms with Crippen molar-refractivity contribution < 1.29 is 75.2 Å². The zero-order valence-electron chi connectivity index (χ0n) is 16.9. The van der Waals surface area contributed by atoms with E-state index in [1.54, 1.807) is 0 Å². The van der Waals surface area contributed by atoms with E-state index in [4.69, 9.17) is 34.6 Å². The van der Waals surface area contributed by atoms with E-state index < -0.39 is 93.4 Å². The lowest BCUT2D eigenvalue weighted by atomic mass is 9.98. The second-order valence-corrected chi connectivity index (χ2v) is 7.29. The summed E-state index contributed by atoms with van der Waals surface area (Å²) in [6.45, 7) is -1.61. The van der Waals surface area contributed by atoms with E-state index in [9.17, 15) is 40.5 Å². The first-order valence-corrected chi connectivity index (χ1v) is 9.70. The molecule has 0 unspecified atom stereocenters. The molecule has 0 aromatic heterocycles. The molecule has 15 heteroatoms. The fourth-order valence-corrected chi connectivity index (χ4v) is 2.84. The van der Waals surface area contributed by atoms with Gasteiger partial charge >= 0.3 is 0 Å². The Morgan fingerprint density at radius 1 is 0.750 bits per heavy atom. The van der Waals surface area contributed by atoms with Gasteiger partial charge in [-0.05, 0) is 0 Å². The largest absolute Gasteiger partial charge is 0.394 e. The van der Waals surface area contributed by atoms with Gasteiger partial charge in [0.15, 0.2) is 12.6 Å². The van der Waals surface area contributed by atoms with Crippen molar-refractivity contribution in [2.75, 3.05) is 19.8 Å². The molecule has 190 valence electrons. The molecule has 0 aliphatic carbocycles. The summed E-state index contributed by atoms with van der Waals surface area (Å²) in [5.74, 6) is 0. The fourth-order valence-electron chi connectivity index (χ4n) is 2.84. The molecule has 2 heterocycles. The van der Waals surface area contributed by atoms with Crippen LogP contribution < -0.4 is 0 Å². The zero-order chi connectivity index (χ0) is 24.6. The second-order valence-electron chi connectivity index (χ2n) is 7.29. The Morgan fingerprint density at radius 3 is 1.84 bits per heavy atom. The van der Waals surface area contributed by atoms with Gasteiger partial charge in [-0.25, -0.2) is 0 Å². The van der Waals surface area contributed by atoms with E-state index in [2.05, 4.69) is 0 Å². The number of ether oxygens (including phenoxy) is 3. The van der Waals surface area contributed by atoms with Crippen LogP contribution in [0.4, 0.5) is 0 Å². The van der Waals surface area contributed by atoms with Crippen LogP contribution in [0.1, 0.15) is 6.42 Å². The fraction of sp³-hybridized carbons (Fsp3) is 0.941. The van der Waals surface area contributed by atoms with Gasteiger partial charge < -0.3 is 75.2 Å². The molecule has 2 aliphatic heterocycles. The number of aliphatic hydroxyl groups excluding tert-OH is 11. The number of hydrogen-bond acceptors (Lipinski definition) is 15. The molecule has 0 bridgehead atoms. The van der Waals surface area contributed by atoms with Gasteiger partial charge in [-0.15, -0.1) is 0 Å². The molecule has 32 heavy (non-hydrogen) atoms. The summed E-state index contributed by atoms with van der Waals surface area (Å²) in [6.07, 6.45) is -17.3. The van der Waals surface area contributed by atoms with Gasteiger partial charge in [0.1, 0.15) is 61.2 Å². The highest BCUT2D eigenvalue weighted by molar-refractivity contribution is 5.50. The molecule has 2 rings (SSSR count). The minimum absolute atomic E-state index is 0.137. The molecule has 12 atom stereocenters. The Morgan fingerprint density at radius 2 is 1.31 bits per heavy atom. The predicted molar refractivity (Wildman–Crippen MR) is 98.4 cm³/mol. The molecule has 15 nitrogen and oxygen atoms in total. The normalized spacial score (nSPS) is 41.8. The zero-order valence-corrected chi connectivity index (χ0v) is 16.9. The Balaban J connectivity index is 0.000000482. The van der Waals surface area contributed by atoms with E-state index in [1.807, 2.05) is 0 Å². The van der Waals surface area contributed by atoms with Crippen molar-refractivity contribution in [1.29, 1.82) is 0 Å². The number of aldehydes is 1. The van der Waals surface area contributed by atoms with Gasteiger partial charge in [-0.1, -0.05) is 0 Å². The topological polar surface area (TPSA) is 267 Å². The quantitative estimate of drug-likeness (QED) is 0.145. The number of hydrogen-bond donors (Lipinski definition) is 11. The van der Waals surface area contributed by atoms with Crippen molar-refractivity contribution in [2.24, 2.45) is 0 Å². The number of carbonyl (C=O) groups excluding carboxylic acids is 1.